The van der Waals surface area contributed by atoms with Gasteiger partial charge in [0.05, 0.1) is 0 Å². The lowest BCUT2D eigenvalue weighted by atomic mass is 10.2. The summed E-state index contributed by atoms with van der Waals surface area (Å²) in [4.78, 5) is 24.8. The maximum absolute atomic E-state index is 11.7. The largest absolute Gasteiger partial charge is 0.444 e. The number of hydrogen-bond acceptors (Lipinski definition) is 4. The summed E-state index contributed by atoms with van der Waals surface area (Å²) < 4.78 is 10.4. The molecule has 0 aliphatic heterocycles. The molecule has 0 unspecified atom stereocenters. The van der Waals surface area contributed by atoms with Crippen molar-refractivity contribution in [3.63, 3.8) is 0 Å². The summed E-state index contributed by atoms with van der Waals surface area (Å²) in [5.41, 5.74) is -0.516. The van der Waals surface area contributed by atoms with E-state index in [2.05, 4.69) is 0 Å². The molecule has 116 valence electrons. The van der Waals surface area contributed by atoms with Gasteiger partial charge in [-0.2, -0.15) is 0 Å². The van der Waals surface area contributed by atoms with Crippen LogP contribution in [0.15, 0.2) is 30.3 Å². The van der Waals surface area contributed by atoms with Crippen molar-refractivity contribution < 1.29 is 19.1 Å². The minimum atomic E-state index is -0.516. The van der Waals surface area contributed by atoms with Crippen molar-refractivity contribution in [2.24, 2.45) is 0 Å². The Morgan fingerprint density at radius 3 is 2.33 bits per heavy atom. The van der Waals surface area contributed by atoms with Crippen LogP contribution in [0.5, 0.6) is 5.75 Å². The predicted octanol–water partition coefficient (Wildman–Crippen LogP) is 3.24. The zero-order valence-corrected chi connectivity index (χ0v) is 13.1. The van der Waals surface area contributed by atoms with Gasteiger partial charge in [0.25, 0.3) is 0 Å². The molecule has 0 saturated heterocycles. The molecule has 5 heteroatoms. The molecule has 1 amide bonds. The summed E-state index contributed by atoms with van der Waals surface area (Å²) in [6, 6.07) is 8.92. The normalized spacial score (nSPS) is 10.9. The molecule has 0 fully saturated rings. The Labute approximate surface area is 125 Å². The van der Waals surface area contributed by atoms with Gasteiger partial charge in [-0.25, -0.2) is 4.79 Å². The van der Waals surface area contributed by atoms with E-state index < -0.39 is 5.60 Å². The fourth-order valence-corrected chi connectivity index (χ4v) is 1.56. The molecular weight excluding hydrogens is 270 g/mol. The van der Waals surface area contributed by atoms with E-state index in [4.69, 9.17) is 9.47 Å². The van der Waals surface area contributed by atoms with Crippen LogP contribution in [0.3, 0.4) is 0 Å². The number of amides is 1. The van der Waals surface area contributed by atoms with Crippen molar-refractivity contribution in [3.05, 3.63) is 30.3 Å². The van der Waals surface area contributed by atoms with Crippen molar-refractivity contribution in [3.8, 4) is 5.75 Å². The fraction of sp³-hybridized carbons (Fsp3) is 0.500. The van der Waals surface area contributed by atoms with Gasteiger partial charge in [0.15, 0.2) is 0 Å². The molecule has 21 heavy (non-hydrogen) atoms. The Morgan fingerprint density at radius 1 is 1.14 bits per heavy atom. The second kappa shape index (κ2) is 7.67. The van der Waals surface area contributed by atoms with Gasteiger partial charge in [-0.05, 0) is 39.3 Å². The quantitative estimate of drug-likeness (QED) is 0.618. The minimum Gasteiger partial charge on any atom is -0.444 e. The molecule has 1 aromatic rings. The van der Waals surface area contributed by atoms with Gasteiger partial charge in [0.2, 0.25) is 0 Å². The summed E-state index contributed by atoms with van der Waals surface area (Å²) >= 11 is 0. The van der Waals surface area contributed by atoms with Crippen molar-refractivity contribution in [1.29, 1.82) is 0 Å². The third-order valence-corrected chi connectivity index (χ3v) is 2.55. The van der Waals surface area contributed by atoms with Crippen LogP contribution in [-0.4, -0.2) is 36.2 Å². The summed E-state index contributed by atoms with van der Waals surface area (Å²) in [5.74, 6) is 0.224. The third-order valence-electron chi connectivity index (χ3n) is 2.55. The second-order valence-corrected chi connectivity index (χ2v) is 5.79. The number of carbonyl (C=O) groups excluding carboxylic acids is 2. The van der Waals surface area contributed by atoms with Crippen molar-refractivity contribution >= 4 is 12.1 Å². The zero-order valence-electron chi connectivity index (χ0n) is 13.1. The summed E-state index contributed by atoms with van der Waals surface area (Å²) in [6.45, 7) is 5.89. The third kappa shape index (κ3) is 7.34. The first kappa shape index (κ1) is 17.0. The molecule has 0 heterocycles. The van der Waals surface area contributed by atoms with Gasteiger partial charge in [-0.3, -0.25) is 4.79 Å². The van der Waals surface area contributed by atoms with E-state index in [9.17, 15) is 9.59 Å². The highest BCUT2D eigenvalue weighted by molar-refractivity contribution is 5.72. The Kier molecular flexibility index (Phi) is 6.21. The molecule has 0 radical (unpaired) electrons. The molecule has 0 saturated carbocycles. The number of esters is 1. The van der Waals surface area contributed by atoms with Gasteiger partial charge in [0, 0.05) is 20.0 Å². The molecule has 0 aromatic heterocycles. The van der Waals surface area contributed by atoms with Crippen LogP contribution in [0.1, 0.15) is 33.6 Å². The predicted molar refractivity (Wildman–Crippen MR) is 80.2 cm³/mol. The number of ether oxygens (including phenoxy) is 2. The standard InChI is InChI=1S/C16H23NO4/c1-16(2,3)21-15(19)17(4)12-8-11-14(18)20-13-9-6-5-7-10-13/h5-7,9-10H,8,11-12H2,1-4H3. The molecule has 0 atom stereocenters. The van der Waals surface area contributed by atoms with Gasteiger partial charge >= 0.3 is 12.1 Å². The second-order valence-electron chi connectivity index (χ2n) is 5.79. The summed E-state index contributed by atoms with van der Waals surface area (Å²) in [5, 5.41) is 0. The molecule has 0 aliphatic rings. The zero-order chi connectivity index (χ0) is 15.9. The highest BCUT2D eigenvalue weighted by Gasteiger charge is 2.19. The van der Waals surface area contributed by atoms with Crippen LogP contribution in [0.25, 0.3) is 0 Å². The number of para-hydroxylation sites is 1. The summed E-state index contributed by atoms with van der Waals surface area (Å²) in [6.07, 6.45) is 0.391. The minimum absolute atomic E-state index is 0.252. The first-order valence-electron chi connectivity index (χ1n) is 6.98. The average Bonchev–Trinajstić information content (AvgIpc) is 2.37. The Balaban J connectivity index is 2.26. The van der Waals surface area contributed by atoms with E-state index in [1.54, 1.807) is 31.3 Å². The van der Waals surface area contributed by atoms with E-state index in [0.29, 0.717) is 18.7 Å². The first-order valence-corrected chi connectivity index (χ1v) is 6.98. The van der Waals surface area contributed by atoms with Crippen LogP contribution in [0.2, 0.25) is 0 Å². The molecule has 0 bridgehead atoms. The lowest BCUT2D eigenvalue weighted by molar-refractivity contribution is -0.134. The smallest absolute Gasteiger partial charge is 0.410 e. The van der Waals surface area contributed by atoms with E-state index >= 15 is 0 Å². The monoisotopic (exact) mass is 293 g/mol. The lowest BCUT2D eigenvalue weighted by Gasteiger charge is -2.24. The van der Waals surface area contributed by atoms with Crippen molar-refractivity contribution in [1.82, 2.24) is 4.90 Å². The number of rotatable bonds is 5. The number of benzene rings is 1. The van der Waals surface area contributed by atoms with Crippen molar-refractivity contribution in [2.75, 3.05) is 13.6 Å². The Hall–Kier alpha value is -2.04. The molecular formula is C16H23NO4. The molecule has 5 nitrogen and oxygen atoms in total. The van der Waals surface area contributed by atoms with Gasteiger partial charge in [-0.15, -0.1) is 0 Å². The van der Waals surface area contributed by atoms with Gasteiger partial charge in [0.1, 0.15) is 11.4 Å². The van der Waals surface area contributed by atoms with Gasteiger partial charge < -0.3 is 14.4 Å². The SMILES string of the molecule is CN(CCCC(=O)Oc1ccccc1)C(=O)OC(C)(C)C. The topological polar surface area (TPSA) is 55.8 Å². The van der Waals surface area contributed by atoms with Crippen LogP contribution >= 0.6 is 0 Å². The maximum atomic E-state index is 11.7. The molecule has 1 aromatic carbocycles. The molecule has 0 aliphatic carbocycles. The van der Waals surface area contributed by atoms with Crippen LogP contribution in [0.4, 0.5) is 4.79 Å². The highest BCUT2D eigenvalue weighted by Crippen LogP contribution is 2.11. The molecule has 0 spiro atoms. The van der Waals surface area contributed by atoms with E-state index in [-0.39, 0.29) is 18.5 Å². The van der Waals surface area contributed by atoms with E-state index in [0.717, 1.165) is 0 Å². The molecule has 1 rings (SSSR count). The average molecular weight is 293 g/mol. The van der Waals surface area contributed by atoms with Crippen LogP contribution in [-0.2, 0) is 9.53 Å². The number of hydrogen-bond donors (Lipinski definition) is 0. The Bertz CT molecular complexity index is 465. The highest BCUT2D eigenvalue weighted by atomic mass is 16.6. The summed E-state index contributed by atoms with van der Waals surface area (Å²) in [7, 11) is 1.65. The lowest BCUT2D eigenvalue weighted by Crippen LogP contribution is -2.34. The maximum Gasteiger partial charge on any atom is 0.410 e. The Morgan fingerprint density at radius 2 is 1.76 bits per heavy atom. The van der Waals surface area contributed by atoms with E-state index in [1.807, 2.05) is 26.8 Å². The van der Waals surface area contributed by atoms with Crippen LogP contribution in [0, 0.1) is 0 Å². The van der Waals surface area contributed by atoms with E-state index in [1.165, 1.54) is 4.90 Å². The first-order chi connectivity index (χ1) is 9.78. The number of carbonyl (C=O) groups is 2. The van der Waals surface area contributed by atoms with Crippen LogP contribution < -0.4 is 4.74 Å². The molecule has 0 N–H and O–H groups in total. The fourth-order valence-electron chi connectivity index (χ4n) is 1.56. The number of nitrogens with zero attached hydrogens (tertiary/aromatic N) is 1. The van der Waals surface area contributed by atoms with Gasteiger partial charge in [-0.1, -0.05) is 18.2 Å². The van der Waals surface area contributed by atoms with Crippen molar-refractivity contribution in [2.45, 2.75) is 39.2 Å².